The van der Waals surface area contributed by atoms with Gasteiger partial charge in [0.25, 0.3) is 0 Å². The number of furan rings is 1. The zero-order chi connectivity index (χ0) is 16.7. The molecule has 0 fully saturated rings. The van der Waals surface area contributed by atoms with Crippen LogP contribution in [0.4, 0.5) is 0 Å². The minimum atomic E-state index is -1.02. The smallest absolute Gasteiger partial charge is 0.136 e. The SMILES string of the molecule is CCS(=O)c1cc(Br)ccc1-c1ccc2c(c1)oc1ccccc12. The maximum Gasteiger partial charge on any atom is 0.136 e. The molecular formula is C20H15BrO2S. The van der Waals surface area contributed by atoms with E-state index < -0.39 is 10.8 Å². The van der Waals surface area contributed by atoms with Gasteiger partial charge in [0.15, 0.2) is 0 Å². The topological polar surface area (TPSA) is 30.2 Å². The molecule has 1 unspecified atom stereocenters. The van der Waals surface area contributed by atoms with Crippen LogP contribution in [-0.2, 0) is 10.8 Å². The van der Waals surface area contributed by atoms with Gasteiger partial charge in [0.2, 0.25) is 0 Å². The van der Waals surface area contributed by atoms with Crippen molar-refractivity contribution < 1.29 is 8.63 Å². The highest BCUT2D eigenvalue weighted by molar-refractivity contribution is 9.10. The van der Waals surface area contributed by atoms with E-state index in [0.29, 0.717) is 5.75 Å². The van der Waals surface area contributed by atoms with Gasteiger partial charge >= 0.3 is 0 Å². The first-order chi connectivity index (χ1) is 11.7. The van der Waals surface area contributed by atoms with Crippen LogP contribution in [0.1, 0.15) is 6.92 Å². The van der Waals surface area contributed by atoms with Crippen LogP contribution in [-0.4, -0.2) is 9.96 Å². The fourth-order valence-corrected chi connectivity index (χ4v) is 4.49. The van der Waals surface area contributed by atoms with Gasteiger partial charge < -0.3 is 4.42 Å². The average molecular weight is 399 g/mol. The molecule has 4 heteroatoms. The van der Waals surface area contributed by atoms with Crippen molar-refractivity contribution in [1.29, 1.82) is 0 Å². The predicted octanol–water partition coefficient (Wildman–Crippen LogP) is 6.14. The summed E-state index contributed by atoms with van der Waals surface area (Å²) < 4.78 is 19.3. The zero-order valence-electron chi connectivity index (χ0n) is 13.1. The second kappa shape index (κ2) is 6.19. The summed E-state index contributed by atoms with van der Waals surface area (Å²) in [4.78, 5) is 0.849. The summed E-state index contributed by atoms with van der Waals surface area (Å²) >= 11 is 3.48. The van der Waals surface area contributed by atoms with Gasteiger partial charge in [0.1, 0.15) is 11.2 Å². The van der Waals surface area contributed by atoms with Crippen molar-refractivity contribution in [3.63, 3.8) is 0 Å². The maximum atomic E-state index is 12.4. The quantitative estimate of drug-likeness (QED) is 0.414. The van der Waals surface area contributed by atoms with Crippen LogP contribution >= 0.6 is 15.9 Å². The van der Waals surface area contributed by atoms with E-state index in [9.17, 15) is 4.21 Å². The summed E-state index contributed by atoms with van der Waals surface area (Å²) in [7, 11) is -1.02. The van der Waals surface area contributed by atoms with E-state index in [-0.39, 0.29) is 0 Å². The Hall–Kier alpha value is -1.91. The fraction of sp³-hybridized carbons (Fsp3) is 0.100. The Kier molecular flexibility index (Phi) is 4.02. The summed E-state index contributed by atoms with van der Waals surface area (Å²) in [5.41, 5.74) is 3.74. The molecule has 0 N–H and O–H groups in total. The summed E-state index contributed by atoms with van der Waals surface area (Å²) in [5, 5.41) is 2.22. The Morgan fingerprint density at radius 2 is 1.75 bits per heavy atom. The zero-order valence-corrected chi connectivity index (χ0v) is 15.5. The van der Waals surface area contributed by atoms with Crippen LogP contribution in [0.25, 0.3) is 33.1 Å². The number of rotatable bonds is 3. The van der Waals surface area contributed by atoms with Crippen molar-refractivity contribution in [2.24, 2.45) is 0 Å². The van der Waals surface area contributed by atoms with E-state index in [0.717, 1.165) is 42.4 Å². The van der Waals surface area contributed by atoms with Gasteiger partial charge in [-0.1, -0.05) is 53.2 Å². The standard InChI is InChI=1S/C20H15BrO2S/c1-2-24(22)20-12-14(21)8-10-15(20)13-7-9-17-16-5-3-4-6-18(16)23-19(17)11-13/h3-12H,2H2,1H3. The molecule has 0 bridgehead atoms. The lowest BCUT2D eigenvalue weighted by molar-refractivity contribution is 0.669. The van der Waals surface area contributed by atoms with Gasteiger partial charge in [0, 0.05) is 25.9 Å². The van der Waals surface area contributed by atoms with Crippen molar-refractivity contribution in [1.82, 2.24) is 0 Å². The van der Waals surface area contributed by atoms with Crippen LogP contribution in [0.3, 0.4) is 0 Å². The molecule has 0 amide bonds. The van der Waals surface area contributed by atoms with Crippen LogP contribution in [0.5, 0.6) is 0 Å². The minimum Gasteiger partial charge on any atom is -0.456 e. The van der Waals surface area contributed by atoms with E-state index >= 15 is 0 Å². The molecule has 0 saturated heterocycles. The number of hydrogen-bond donors (Lipinski definition) is 0. The van der Waals surface area contributed by atoms with E-state index in [1.54, 1.807) is 0 Å². The Balaban J connectivity index is 1.94. The van der Waals surface area contributed by atoms with Gasteiger partial charge in [-0.05, 0) is 41.5 Å². The number of para-hydroxylation sites is 1. The van der Waals surface area contributed by atoms with Gasteiger partial charge in [-0.2, -0.15) is 0 Å². The van der Waals surface area contributed by atoms with Crippen LogP contribution in [0, 0.1) is 0 Å². The second-order valence-corrected chi connectivity index (χ2v) is 8.21. The molecule has 0 aliphatic rings. The normalized spacial score (nSPS) is 12.8. The maximum absolute atomic E-state index is 12.4. The lowest BCUT2D eigenvalue weighted by Gasteiger charge is -2.09. The van der Waals surface area contributed by atoms with E-state index in [1.807, 2.05) is 49.4 Å². The van der Waals surface area contributed by atoms with Crippen LogP contribution in [0.2, 0.25) is 0 Å². The van der Waals surface area contributed by atoms with Crippen molar-refractivity contribution in [2.45, 2.75) is 11.8 Å². The van der Waals surface area contributed by atoms with Gasteiger partial charge in [-0.3, -0.25) is 4.21 Å². The summed E-state index contributed by atoms with van der Waals surface area (Å²) in [6, 6.07) is 20.2. The molecule has 0 radical (unpaired) electrons. The Morgan fingerprint density at radius 1 is 0.958 bits per heavy atom. The molecule has 0 saturated carbocycles. The third-order valence-corrected chi connectivity index (χ3v) is 5.99. The first-order valence-electron chi connectivity index (χ1n) is 7.77. The molecule has 24 heavy (non-hydrogen) atoms. The van der Waals surface area contributed by atoms with Gasteiger partial charge in [-0.15, -0.1) is 0 Å². The highest BCUT2D eigenvalue weighted by Gasteiger charge is 2.13. The van der Waals surface area contributed by atoms with Crippen LogP contribution in [0.15, 0.2) is 74.4 Å². The molecule has 2 nitrogen and oxygen atoms in total. The third kappa shape index (κ3) is 2.60. The molecule has 0 aliphatic heterocycles. The van der Waals surface area contributed by atoms with Crippen molar-refractivity contribution in [2.75, 3.05) is 5.75 Å². The molecule has 4 rings (SSSR count). The molecular weight excluding hydrogens is 384 g/mol. The van der Waals surface area contributed by atoms with E-state index in [1.165, 1.54) is 0 Å². The number of fused-ring (bicyclic) bond motifs is 3. The lowest BCUT2D eigenvalue weighted by atomic mass is 10.0. The predicted molar refractivity (Wildman–Crippen MR) is 104 cm³/mol. The molecule has 0 aliphatic carbocycles. The minimum absolute atomic E-state index is 0.594. The first-order valence-corrected chi connectivity index (χ1v) is 9.88. The number of halogens is 1. The summed E-state index contributed by atoms with van der Waals surface area (Å²) in [6.45, 7) is 1.93. The van der Waals surface area contributed by atoms with E-state index in [4.69, 9.17) is 4.42 Å². The number of benzene rings is 3. The largest absolute Gasteiger partial charge is 0.456 e. The van der Waals surface area contributed by atoms with Crippen molar-refractivity contribution in [3.05, 3.63) is 65.1 Å². The number of hydrogen-bond acceptors (Lipinski definition) is 2. The monoisotopic (exact) mass is 398 g/mol. The van der Waals surface area contributed by atoms with Crippen molar-refractivity contribution >= 4 is 48.7 Å². The average Bonchev–Trinajstić information content (AvgIpc) is 2.98. The molecule has 0 spiro atoms. The highest BCUT2D eigenvalue weighted by atomic mass is 79.9. The lowest BCUT2D eigenvalue weighted by Crippen LogP contribution is -1.97. The first kappa shape index (κ1) is 15.6. The van der Waals surface area contributed by atoms with Crippen molar-refractivity contribution in [3.8, 4) is 11.1 Å². The molecule has 1 atom stereocenters. The third-order valence-electron chi connectivity index (χ3n) is 4.14. The van der Waals surface area contributed by atoms with Crippen LogP contribution < -0.4 is 0 Å². The van der Waals surface area contributed by atoms with Gasteiger partial charge in [-0.25, -0.2) is 0 Å². The second-order valence-electron chi connectivity index (χ2n) is 5.58. The Bertz CT molecular complexity index is 1080. The molecule has 1 heterocycles. The van der Waals surface area contributed by atoms with Gasteiger partial charge in [0.05, 0.1) is 10.8 Å². The molecule has 120 valence electrons. The Labute approximate surface area is 151 Å². The summed E-state index contributed by atoms with van der Waals surface area (Å²) in [6.07, 6.45) is 0. The molecule has 4 aromatic rings. The molecule has 3 aromatic carbocycles. The Morgan fingerprint density at radius 3 is 2.58 bits per heavy atom. The fourth-order valence-electron chi connectivity index (χ4n) is 2.97. The molecule has 1 aromatic heterocycles. The van der Waals surface area contributed by atoms with E-state index in [2.05, 4.69) is 34.1 Å². The highest BCUT2D eigenvalue weighted by Crippen LogP contribution is 2.34. The summed E-state index contributed by atoms with van der Waals surface area (Å²) in [5.74, 6) is 0.594.